The maximum atomic E-state index is 11.8. The molecule has 0 aromatic carbocycles. The summed E-state index contributed by atoms with van der Waals surface area (Å²) in [6.45, 7) is 5.48. The molecule has 0 saturated carbocycles. The highest BCUT2D eigenvalue weighted by atomic mass is 32.2. The number of nitrogens with zero attached hydrogens (tertiary/aromatic N) is 1. The Hall–Kier alpha value is -0.660. The van der Waals surface area contributed by atoms with Crippen LogP contribution in [0.4, 0.5) is 0 Å². The van der Waals surface area contributed by atoms with Gasteiger partial charge in [-0.3, -0.25) is 4.79 Å². The first-order valence-corrected chi connectivity index (χ1v) is 8.64. The molecule has 1 N–H and O–H groups in total. The van der Waals surface area contributed by atoms with E-state index in [9.17, 15) is 13.2 Å². The Morgan fingerprint density at radius 2 is 1.95 bits per heavy atom. The van der Waals surface area contributed by atoms with E-state index in [1.165, 1.54) is 0 Å². The Balaban J connectivity index is 2.02. The third-order valence-electron chi connectivity index (χ3n) is 3.13. The van der Waals surface area contributed by atoms with Gasteiger partial charge < -0.3 is 15.0 Å². The van der Waals surface area contributed by atoms with Crippen LogP contribution in [0.5, 0.6) is 0 Å². The minimum atomic E-state index is -2.87. The van der Waals surface area contributed by atoms with Crippen molar-refractivity contribution >= 4 is 15.7 Å². The second-order valence-electron chi connectivity index (χ2n) is 4.58. The number of rotatable bonds is 8. The van der Waals surface area contributed by atoms with E-state index in [0.29, 0.717) is 52.2 Å². The molecule has 7 heteroatoms. The predicted octanol–water partition coefficient (Wildman–Crippen LogP) is -0.350. The van der Waals surface area contributed by atoms with Crippen LogP contribution in [0.15, 0.2) is 0 Å². The minimum absolute atomic E-state index is 0.136. The summed E-state index contributed by atoms with van der Waals surface area (Å²) in [6.07, 6.45) is 1.06. The van der Waals surface area contributed by atoms with Gasteiger partial charge in [0, 0.05) is 31.8 Å². The fraction of sp³-hybridized carbons (Fsp3) is 0.917. The number of hydrogen-bond acceptors (Lipinski definition) is 5. The SMILES string of the molecule is CCS(=O)(=O)CCCNCCC(=O)N1CCOCC1. The first-order chi connectivity index (χ1) is 9.05. The van der Waals surface area contributed by atoms with Crippen molar-refractivity contribution in [2.75, 3.05) is 50.9 Å². The highest BCUT2D eigenvalue weighted by Crippen LogP contribution is 1.99. The largest absolute Gasteiger partial charge is 0.378 e. The van der Waals surface area contributed by atoms with Gasteiger partial charge in [-0.25, -0.2) is 8.42 Å². The Morgan fingerprint density at radius 1 is 1.26 bits per heavy atom. The summed E-state index contributed by atoms with van der Waals surface area (Å²) in [5, 5.41) is 3.11. The summed E-state index contributed by atoms with van der Waals surface area (Å²) >= 11 is 0. The van der Waals surface area contributed by atoms with Gasteiger partial charge in [0.25, 0.3) is 0 Å². The summed E-state index contributed by atoms with van der Waals surface area (Å²) in [5.74, 6) is 0.549. The molecule has 1 heterocycles. The molecule has 0 aromatic heterocycles. The molecular formula is C12H24N2O4S. The lowest BCUT2D eigenvalue weighted by Gasteiger charge is -2.26. The first-order valence-electron chi connectivity index (χ1n) is 6.82. The van der Waals surface area contributed by atoms with Gasteiger partial charge in [0.2, 0.25) is 5.91 Å². The van der Waals surface area contributed by atoms with Crippen LogP contribution < -0.4 is 5.32 Å². The number of nitrogens with one attached hydrogen (secondary N) is 1. The fourth-order valence-corrected chi connectivity index (χ4v) is 2.73. The zero-order valence-electron chi connectivity index (χ0n) is 11.6. The van der Waals surface area contributed by atoms with Crippen molar-refractivity contribution in [3.05, 3.63) is 0 Å². The van der Waals surface area contributed by atoms with Gasteiger partial charge in [-0.1, -0.05) is 6.92 Å². The highest BCUT2D eigenvalue weighted by Gasteiger charge is 2.15. The molecule has 0 unspecified atom stereocenters. The molecule has 6 nitrogen and oxygen atoms in total. The van der Waals surface area contributed by atoms with Crippen molar-refractivity contribution in [1.82, 2.24) is 10.2 Å². The molecule has 19 heavy (non-hydrogen) atoms. The van der Waals surface area contributed by atoms with E-state index in [-0.39, 0.29) is 17.4 Å². The van der Waals surface area contributed by atoms with E-state index in [0.717, 1.165) is 0 Å². The average molecular weight is 292 g/mol. The molecule has 1 amide bonds. The zero-order chi connectivity index (χ0) is 14.1. The molecule has 0 radical (unpaired) electrons. The topological polar surface area (TPSA) is 75.7 Å². The van der Waals surface area contributed by atoms with Crippen molar-refractivity contribution < 1.29 is 17.9 Å². The van der Waals surface area contributed by atoms with Crippen molar-refractivity contribution in [2.45, 2.75) is 19.8 Å². The summed E-state index contributed by atoms with van der Waals surface area (Å²) in [6, 6.07) is 0. The van der Waals surface area contributed by atoms with Gasteiger partial charge in [0.15, 0.2) is 0 Å². The van der Waals surface area contributed by atoms with E-state index < -0.39 is 9.84 Å². The van der Waals surface area contributed by atoms with Crippen molar-refractivity contribution in [3.8, 4) is 0 Å². The smallest absolute Gasteiger partial charge is 0.224 e. The van der Waals surface area contributed by atoms with E-state index in [4.69, 9.17) is 4.74 Å². The lowest BCUT2D eigenvalue weighted by atomic mass is 10.3. The summed E-state index contributed by atoms with van der Waals surface area (Å²) in [5.41, 5.74) is 0. The first kappa shape index (κ1) is 16.4. The molecule has 0 atom stereocenters. The molecular weight excluding hydrogens is 268 g/mol. The Kier molecular flexibility index (Phi) is 7.33. The number of amides is 1. The molecule has 1 saturated heterocycles. The maximum absolute atomic E-state index is 11.8. The molecule has 0 aliphatic carbocycles. The van der Waals surface area contributed by atoms with E-state index in [2.05, 4.69) is 5.32 Å². The third kappa shape index (κ3) is 6.89. The summed E-state index contributed by atoms with van der Waals surface area (Å²) in [7, 11) is -2.87. The van der Waals surface area contributed by atoms with Crippen LogP contribution in [0, 0.1) is 0 Å². The fourth-order valence-electron chi connectivity index (χ4n) is 1.85. The Labute approximate surface area is 115 Å². The van der Waals surface area contributed by atoms with Gasteiger partial charge in [-0.05, 0) is 13.0 Å². The second kappa shape index (κ2) is 8.50. The average Bonchev–Trinajstić information content (AvgIpc) is 2.43. The zero-order valence-corrected chi connectivity index (χ0v) is 12.4. The molecule has 0 aromatic rings. The van der Waals surface area contributed by atoms with Crippen molar-refractivity contribution in [3.63, 3.8) is 0 Å². The Morgan fingerprint density at radius 3 is 2.58 bits per heavy atom. The molecule has 1 rings (SSSR count). The number of ether oxygens (including phenoxy) is 1. The van der Waals surface area contributed by atoms with Crippen LogP contribution in [0.25, 0.3) is 0 Å². The Bertz CT molecular complexity index is 364. The number of sulfone groups is 1. The summed E-state index contributed by atoms with van der Waals surface area (Å²) < 4.78 is 27.7. The van der Waals surface area contributed by atoms with Gasteiger partial charge in [0.1, 0.15) is 9.84 Å². The molecule has 1 fully saturated rings. The van der Waals surface area contributed by atoms with Crippen LogP contribution in [-0.2, 0) is 19.4 Å². The second-order valence-corrected chi connectivity index (χ2v) is 7.06. The number of carbonyl (C=O) groups is 1. The molecule has 0 spiro atoms. The highest BCUT2D eigenvalue weighted by molar-refractivity contribution is 7.91. The van der Waals surface area contributed by atoms with Crippen LogP contribution in [0.3, 0.4) is 0 Å². The maximum Gasteiger partial charge on any atom is 0.224 e. The normalized spacial score (nSPS) is 16.6. The molecule has 112 valence electrons. The monoisotopic (exact) mass is 292 g/mol. The molecule has 1 aliphatic rings. The minimum Gasteiger partial charge on any atom is -0.378 e. The van der Waals surface area contributed by atoms with Crippen LogP contribution in [0.2, 0.25) is 0 Å². The number of hydrogen-bond donors (Lipinski definition) is 1. The number of morpholine rings is 1. The van der Waals surface area contributed by atoms with E-state index in [1.807, 2.05) is 4.90 Å². The van der Waals surface area contributed by atoms with Gasteiger partial charge in [-0.15, -0.1) is 0 Å². The summed E-state index contributed by atoms with van der Waals surface area (Å²) in [4.78, 5) is 13.6. The van der Waals surface area contributed by atoms with Gasteiger partial charge in [0.05, 0.1) is 19.0 Å². The lowest BCUT2D eigenvalue weighted by Crippen LogP contribution is -2.41. The van der Waals surface area contributed by atoms with Crippen molar-refractivity contribution in [1.29, 1.82) is 0 Å². The van der Waals surface area contributed by atoms with Crippen LogP contribution >= 0.6 is 0 Å². The van der Waals surface area contributed by atoms with Crippen molar-refractivity contribution in [2.24, 2.45) is 0 Å². The van der Waals surface area contributed by atoms with Gasteiger partial charge in [-0.2, -0.15) is 0 Å². The third-order valence-corrected chi connectivity index (χ3v) is 4.92. The standard InChI is InChI=1S/C12H24N2O4S/c1-2-19(16,17)11-3-5-13-6-4-12(15)14-7-9-18-10-8-14/h13H,2-11H2,1H3. The van der Waals surface area contributed by atoms with Gasteiger partial charge >= 0.3 is 0 Å². The lowest BCUT2D eigenvalue weighted by molar-refractivity contribution is -0.135. The molecule has 0 bridgehead atoms. The van der Waals surface area contributed by atoms with E-state index in [1.54, 1.807) is 6.92 Å². The predicted molar refractivity (Wildman–Crippen MR) is 73.8 cm³/mol. The number of carbonyl (C=O) groups excluding carboxylic acids is 1. The van der Waals surface area contributed by atoms with E-state index >= 15 is 0 Å². The van der Waals surface area contributed by atoms with Crippen LogP contribution in [-0.4, -0.2) is 70.1 Å². The molecule has 1 aliphatic heterocycles. The van der Waals surface area contributed by atoms with Crippen LogP contribution in [0.1, 0.15) is 19.8 Å². The quantitative estimate of drug-likeness (QED) is 0.619.